The highest BCUT2D eigenvalue weighted by molar-refractivity contribution is 6.40. The molecule has 2 aromatic carbocycles. The van der Waals surface area contributed by atoms with Crippen molar-refractivity contribution in [3.8, 4) is 0 Å². The van der Waals surface area contributed by atoms with Crippen LogP contribution in [0.5, 0.6) is 0 Å². The van der Waals surface area contributed by atoms with Crippen LogP contribution >= 0.6 is 23.2 Å². The molecule has 1 N–H and O–H groups in total. The average molecular weight is 306 g/mol. The van der Waals surface area contributed by atoms with Gasteiger partial charge in [-0.2, -0.15) is 0 Å². The summed E-state index contributed by atoms with van der Waals surface area (Å²) < 4.78 is 0. The van der Waals surface area contributed by atoms with E-state index in [1.54, 1.807) is 18.2 Å². The van der Waals surface area contributed by atoms with Gasteiger partial charge in [0.2, 0.25) is 5.91 Å². The van der Waals surface area contributed by atoms with E-state index >= 15 is 0 Å². The molecule has 0 bridgehead atoms. The molecule has 0 heterocycles. The Morgan fingerprint density at radius 1 is 1.10 bits per heavy atom. The summed E-state index contributed by atoms with van der Waals surface area (Å²) in [5.74, 6) is -0.275. The fourth-order valence-corrected chi connectivity index (χ4v) is 2.14. The van der Waals surface area contributed by atoms with Crippen molar-refractivity contribution < 1.29 is 4.79 Å². The summed E-state index contributed by atoms with van der Waals surface area (Å²) in [5.41, 5.74) is 2.25. The molecule has 0 saturated carbocycles. The van der Waals surface area contributed by atoms with Crippen LogP contribution in [-0.2, 0) is 4.79 Å². The number of carbonyl (C=O) groups excluding carboxylic acids is 1. The summed E-state index contributed by atoms with van der Waals surface area (Å²) in [7, 11) is 0. The molecular weight excluding hydrogens is 293 g/mol. The summed E-state index contributed by atoms with van der Waals surface area (Å²) >= 11 is 12.2. The molecule has 1 amide bonds. The summed E-state index contributed by atoms with van der Waals surface area (Å²) in [5, 5.41) is 3.58. The number of nitrogens with one attached hydrogen (secondary N) is 1. The second-order valence-electron chi connectivity index (χ2n) is 4.29. The van der Waals surface area contributed by atoms with Crippen molar-refractivity contribution in [2.75, 3.05) is 5.32 Å². The lowest BCUT2D eigenvalue weighted by Gasteiger charge is -2.09. The standard InChI is InChI=1S/C16H13Cl2NO/c1-11-7-9-13(17)16(15(11)18)19-14(20)10-8-12-5-3-2-4-6-12/h2-10H,1H3,(H,19,20)/b10-8+. The number of aryl methyl sites for hydroxylation is 1. The molecule has 4 heteroatoms. The Kier molecular flexibility index (Phi) is 4.83. The highest BCUT2D eigenvalue weighted by Crippen LogP contribution is 2.32. The molecule has 0 fully saturated rings. The minimum atomic E-state index is -0.275. The molecule has 0 spiro atoms. The summed E-state index contributed by atoms with van der Waals surface area (Å²) in [6, 6.07) is 13.1. The van der Waals surface area contributed by atoms with Gasteiger partial charge in [-0.05, 0) is 30.2 Å². The van der Waals surface area contributed by atoms with Gasteiger partial charge in [0.1, 0.15) is 0 Å². The van der Waals surface area contributed by atoms with Crippen LogP contribution in [0.4, 0.5) is 5.69 Å². The maximum Gasteiger partial charge on any atom is 0.248 e. The normalized spacial score (nSPS) is 10.8. The second kappa shape index (κ2) is 6.60. The van der Waals surface area contributed by atoms with Crippen LogP contribution in [0.3, 0.4) is 0 Å². The first-order valence-electron chi connectivity index (χ1n) is 6.06. The van der Waals surface area contributed by atoms with E-state index in [4.69, 9.17) is 23.2 Å². The monoisotopic (exact) mass is 305 g/mol. The molecule has 2 nitrogen and oxygen atoms in total. The van der Waals surface area contributed by atoms with Crippen molar-refractivity contribution in [3.63, 3.8) is 0 Å². The lowest BCUT2D eigenvalue weighted by molar-refractivity contribution is -0.111. The van der Waals surface area contributed by atoms with Crippen LogP contribution in [0.2, 0.25) is 10.0 Å². The molecular formula is C16H13Cl2NO. The SMILES string of the molecule is Cc1ccc(Cl)c(NC(=O)/C=C/c2ccccc2)c1Cl. The van der Waals surface area contributed by atoms with E-state index in [1.807, 2.05) is 37.3 Å². The minimum Gasteiger partial charge on any atom is -0.320 e. The molecule has 0 atom stereocenters. The maximum atomic E-state index is 11.9. The number of hydrogen-bond donors (Lipinski definition) is 1. The zero-order chi connectivity index (χ0) is 14.5. The van der Waals surface area contributed by atoms with Gasteiger partial charge in [-0.25, -0.2) is 0 Å². The number of hydrogen-bond acceptors (Lipinski definition) is 1. The number of rotatable bonds is 3. The Balaban J connectivity index is 2.13. The Labute approximate surface area is 128 Å². The lowest BCUT2D eigenvalue weighted by Crippen LogP contribution is -2.09. The topological polar surface area (TPSA) is 29.1 Å². The average Bonchev–Trinajstić information content (AvgIpc) is 2.46. The van der Waals surface area contributed by atoms with Gasteiger partial charge in [0.25, 0.3) is 0 Å². The third kappa shape index (κ3) is 3.62. The van der Waals surface area contributed by atoms with E-state index in [9.17, 15) is 4.79 Å². The van der Waals surface area contributed by atoms with Crippen molar-refractivity contribution in [3.05, 3.63) is 69.7 Å². The zero-order valence-electron chi connectivity index (χ0n) is 10.9. The molecule has 0 saturated heterocycles. The largest absolute Gasteiger partial charge is 0.320 e. The van der Waals surface area contributed by atoms with Crippen LogP contribution < -0.4 is 5.32 Å². The summed E-state index contributed by atoms with van der Waals surface area (Å²) in [4.78, 5) is 11.9. The van der Waals surface area contributed by atoms with Crippen LogP contribution in [0.15, 0.2) is 48.5 Å². The van der Waals surface area contributed by atoms with Crippen molar-refractivity contribution >= 4 is 40.9 Å². The highest BCUT2D eigenvalue weighted by Gasteiger charge is 2.10. The van der Waals surface area contributed by atoms with Crippen LogP contribution in [-0.4, -0.2) is 5.91 Å². The summed E-state index contributed by atoms with van der Waals surface area (Å²) in [6.45, 7) is 1.86. The molecule has 0 radical (unpaired) electrons. The van der Waals surface area contributed by atoms with Gasteiger partial charge in [-0.3, -0.25) is 4.79 Å². The number of carbonyl (C=O) groups is 1. The number of halogens is 2. The van der Waals surface area contributed by atoms with E-state index in [2.05, 4.69) is 5.32 Å². The van der Waals surface area contributed by atoms with Crippen molar-refractivity contribution in [1.29, 1.82) is 0 Å². The Morgan fingerprint density at radius 3 is 2.50 bits per heavy atom. The lowest BCUT2D eigenvalue weighted by atomic mass is 10.2. The molecule has 2 aromatic rings. The molecule has 0 aliphatic carbocycles. The second-order valence-corrected chi connectivity index (χ2v) is 5.07. The van der Waals surface area contributed by atoms with E-state index in [-0.39, 0.29) is 5.91 Å². The van der Waals surface area contributed by atoms with Crippen LogP contribution in [0.1, 0.15) is 11.1 Å². The minimum absolute atomic E-state index is 0.275. The predicted octanol–water partition coefficient (Wildman–Crippen LogP) is 4.95. The fraction of sp³-hybridized carbons (Fsp3) is 0.0625. The predicted molar refractivity (Wildman–Crippen MR) is 85.3 cm³/mol. The quantitative estimate of drug-likeness (QED) is 0.798. The zero-order valence-corrected chi connectivity index (χ0v) is 12.4. The Morgan fingerprint density at radius 2 is 1.80 bits per heavy atom. The Hall–Kier alpha value is -1.77. The molecule has 0 unspecified atom stereocenters. The Bertz CT molecular complexity index is 651. The van der Waals surface area contributed by atoms with E-state index < -0.39 is 0 Å². The first kappa shape index (κ1) is 14.6. The molecule has 0 aliphatic rings. The van der Waals surface area contributed by atoms with Crippen molar-refractivity contribution in [1.82, 2.24) is 0 Å². The van der Waals surface area contributed by atoms with Gasteiger partial charge in [-0.15, -0.1) is 0 Å². The van der Waals surface area contributed by atoms with Gasteiger partial charge >= 0.3 is 0 Å². The third-order valence-corrected chi connectivity index (χ3v) is 3.56. The van der Waals surface area contributed by atoms with E-state index in [0.717, 1.165) is 11.1 Å². The van der Waals surface area contributed by atoms with Crippen molar-refractivity contribution in [2.45, 2.75) is 6.92 Å². The number of anilines is 1. The number of amides is 1. The van der Waals surface area contributed by atoms with Crippen LogP contribution in [0, 0.1) is 6.92 Å². The molecule has 102 valence electrons. The van der Waals surface area contributed by atoms with Gasteiger partial charge in [0.05, 0.1) is 15.7 Å². The van der Waals surface area contributed by atoms with Gasteiger partial charge in [-0.1, -0.05) is 59.6 Å². The molecule has 0 aliphatic heterocycles. The van der Waals surface area contributed by atoms with Gasteiger partial charge in [0.15, 0.2) is 0 Å². The van der Waals surface area contributed by atoms with Gasteiger partial charge < -0.3 is 5.32 Å². The van der Waals surface area contributed by atoms with Gasteiger partial charge in [0, 0.05) is 6.08 Å². The molecule has 2 rings (SSSR count). The number of benzene rings is 2. The summed E-state index contributed by atoms with van der Waals surface area (Å²) in [6.07, 6.45) is 3.18. The third-order valence-electron chi connectivity index (χ3n) is 2.76. The first-order valence-corrected chi connectivity index (χ1v) is 6.82. The van der Waals surface area contributed by atoms with Crippen molar-refractivity contribution in [2.24, 2.45) is 0 Å². The maximum absolute atomic E-state index is 11.9. The van der Waals surface area contributed by atoms with Crippen LogP contribution in [0.25, 0.3) is 6.08 Å². The highest BCUT2D eigenvalue weighted by atomic mass is 35.5. The fourth-order valence-electron chi connectivity index (χ4n) is 1.67. The smallest absolute Gasteiger partial charge is 0.248 e. The molecule has 0 aromatic heterocycles. The molecule has 20 heavy (non-hydrogen) atoms. The van der Waals surface area contributed by atoms with E-state index in [0.29, 0.717) is 15.7 Å². The van der Waals surface area contributed by atoms with E-state index in [1.165, 1.54) is 6.08 Å². The first-order chi connectivity index (χ1) is 9.58.